The summed E-state index contributed by atoms with van der Waals surface area (Å²) < 4.78 is 10.1. The van der Waals surface area contributed by atoms with E-state index in [2.05, 4.69) is 15.2 Å². The Balaban J connectivity index is 1.78. The molecule has 1 aromatic heterocycles. The maximum atomic E-state index is 12.2. The van der Waals surface area contributed by atoms with E-state index in [0.29, 0.717) is 29.9 Å². The zero-order valence-corrected chi connectivity index (χ0v) is 15.1. The predicted molar refractivity (Wildman–Crippen MR) is 92.1 cm³/mol. The molecule has 0 radical (unpaired) electrons. The number of carbonyl (C=O) groups is 2. The summed E-state index contributed by atoms with van der Waals surface area (Å²) in [4.78, 5) is 30.0. The van der Waals surface area contributed by atoms with Crippen LogP contribution in [0.4, 0.5) is 5.13 Å². The van der Waals surface area contributed by atoms with E-state index in [1.807, 2.05) is 0 Å². The van der Waals surface area contributed by atoms with Crippen LogP contribution in [0.3, 0.4) is 0 Å². The van der Waals surface area contributed by atoms with Crippen molar-refractivity contribution in [3.63, 3.8) is 0 Å². The number of thiazole rings is 1. The van der Waals surface area contributed by atoms with Gasteiger partial charge in [0.05, 0.1) is 31.9 Å². The lowest BCUT2D eigenvalue weighted by Gasteiger charge is -2.31. The quantitative estimate of drug-likeness (QED) is 0.713. The molecular formula is C16H25N3O4S. The maximum absolute atomic E-state index is 12.2. The summed E-state index contributed by atoms with van der Waals surface area (Å²) >= 11 is 1.32. The number of anilines is 1. The summed E-state index contributed by atoms with van der Waals surface area (Å²) in [6, 6.07) is 0. The lowest BCUT2D eigenvalue weighted by Crippen LogP contribution is -2.41. The molecule has 1 aliphatic heterocycles. The number of methoxy groups -OCH3 is 1. The first kappa shape index (κ1) is 18.8. The highest BCUT2D eigenvalue weighted by Crippen LogP contribution is 2.18. The molecule has 1 saturated heterocycles. The van der Waals surface area contributed by atoms with Gasteiger partial charge in [0.15, 0.2) is 5.13 Å². The minimum absolute atomic E-state index is 0.0786. The molecule has 134 valence electrons. The van der Waals surface area contributed by atoms with Gasteiger partial charge in [-0.1, -0.05) is 0 Å². The van der Waals surface area contributed by atoms with Crippen LogP contribution in [-0.4, -0.2) is 61.7 Å². The Morgan fingerprint density at radius 2 is 2.33 bits per heavy atom. The van der Waals surface area contributed by atoms with Crippen LogP contribution in [0.15, 0.2) is 5.38 Å². The molecule has 2 heterocycles. The summed E-state index contributed by atoms with van der Waals surface area (Å²) in [6.45, 7) is 5.02. The number of piperidine rings is 1. The minimum Gasteiger partial charge on any atom is -0.466 e. The summed E-state index contributed by atoms with van der Waals surface area (Å²) in [5.74, 6) is 0.107. The molecule has 1 unspecified atom stereocenters. The fourth-order valence-electron chi connectivity index (χ4n) is 2.83. The number of hydrogen-bond acceptors (Lipinski definition) is 7. The van der Waals surface area contributed by atoms with Crippen LogP contribution in [0.1, 0.15) is 25.5 Å². The highest BCUT2D eigenvalue weighted by atomic mass is 32.1. The Morgan fingerprint density at radius 3 is 3.08 bits per heavy atom. The lowest BCUT2D eigenvalue weighted by molar-refractivity contribution is -0.142. The zero-order chi connectivity index (χ0) is 17.4. The molecule has 1 fully saturated rings. The van der Waals surface area contributed by atoms with Crippen molar-refractivity contribution in [1.82, 2.24) is 9.88 Å². The smallest absolute Gasteiger partial charge is 0.311 e. The Kier molecular flexibility index (Phi) is 7.61. The van der Waals surface area contributed by atoms with E-state index in [-0.39, 0.29) is 18.3 Å². The fourth-order valence-corrected chi connectivity index (χ4v) is 3.56. The summed E-state index contributed by atoms with van der Waals surface area (Å²) in [7, 11) is 1.71. The van der Waals surface area contributed by atoms with Gasteiger partial charge in [-0.3, -0.25) is 14.5 Å². The average Bonchev–Trinajstić information content (AvgIpc) is 2.95. The second-order valence-electron chi connectivity index (χ2n) is 5.87. The maximum Gasteiger partial charge on any atom is 0.311 e. The second kappa shape index (κ2) is 9.71. The van der Waals surface area contributed by atoms with Crippen LogP contribution in [0, 0.1) is 5.92 Å². The third-order valence-corrected chi connectivity index (χ3v) is 4.61. The monoisotopic (exact) mass is 355 g/mol. The molecule has 8 heteroatoms. The number of nitrogens with one attached hydrogen (secondary N) is 1. The number of amides is 1. The first-order chi connectivity index (χ1) is 11.6. The number of aromatic nitrogens is 1. The molecule has 0 bridgehead atoms. The topological polar surface area (TPSA) is 80.8 Å². The number of carbonyl (C=O) groups excluding carboxylic acids is 2. The van der Waals surface area contributed by atoms with Gasteiger partial charge < -0.3 is 14.8 Å². The molecule has 1 amide bonds. The third kappa shape index (κ3) is 6.18. The van der Waals surface area contributed by atoms with Gasteiger partial charge >= 0.3 is 5.97 Å². The van der Waals surface area contributed by atoms with Gasteiger partial charge in [0.2, 0.25) is 5.91 Å². The molecule has 0 spiro atoms. The SMILES string of the molecule is CCOC(=O)Cc1csc(NC(=O)CN2CCCC(COC)C2)n1. The van der Waals surface area contributed by atoms with Gasteiger partial charge in [0.25, 0.3) is 0 Å². The van der Waals surface area contributed by atoms with Crippen LogP contribution in [-0.2, 0) is 25.5 Å². The number of rotatable bonds is 8. The second-order valence-corrected chi connectivity index (χ2v) is 6.73. The first-order valence-electron chi connectivity index (χ1n) is 8.21. The largest absolute Gasteiger partial charge is 0.466 e. The van der Waals surface area contributed by atoms with Gasteiger partial charge in [-0.2, -0.15) is 0 Å². The van der Waals surface area contributed by atoms with E-state index >= 15 is 0 Å². The molecule has 2 rings (SSSR count). The van der Waals surface area contributed by atoms with Crippen molar-refractivity contribution >= 4 is 28.3 Å². The highest BCUT2D eigenvalue weighted by Gasteiger charge is 2.21. The van der Waals surface area contributed by atoms with Crippen molar-refractivity contribution in [2.75, 3.05) is 45.3 Å². The van der Waals surface area contributed by atoms with Crippen molar-refractivity contribution in [3.8, 4) is 0 Å². The van der Waals surface area contributed by atoms with Crippen molar-refractivity contribution in [2.24, 2.45) is 5.92 Å². The summed E-state index contributed by atoms with van der Waals surface area (Å²) in [6.07, 6.45) is 2.36. The van der Waals surface area contributed by atoms with Gasteiger partial charge in [-0.15, -0.1) is 11.3 Å². The van der Waals surface area contributed by atoms with E-state index in [9.17, 15) is 9.59 Å². The van der Waals surface area contributed by atoms with E-state index in [1.165, 1.54) is 11.3 Å². The normalized spacial score (nSPS) is 18.3. The third-order valence-electron chi connectivity index (χ3n) is 3.80. The number of esters is 1. The van der Waals surface area contributed by atoms with Crippen LogP contribution in [0.5, 0.6) is 0 Å². The number of nitrogens with zero attached hydrogens (tertiary/aromatic N) is 2. The Labute approximate surface area is 146 Å². The van der Waals surface area contributed by atoms with Gasteiger partial charge in [-0.25, -0.2) is 4.98 Å². The molecule has 0 aromatic carbocycles. The number of likely N-dealkylation sites (tertiary alicyclic amines) is 1. The summed E-state index contributed by atoms with van der Waals surface area (Å²) in [5, 5.41) is 5.09. The highest BCUT2D eigenvalue weighted by molar-refractivity contribution is 7.13. The van der Waals surface area contributed by atoms with E-state index < -0.39 is 0 Å². The Morgan fingerprint density at radius 1 is 1.50 bits per heavy atom. The van der Waals surface area contributed by atoms with Gasteiger partial charge in [-0.05, 0) is 32.2 Å². The van der Waals surface area contributed by atoms with Crippen LogP contribution < -0.4 is 5.32 Å². The van der Waals surface area contributed by atoms with Crippen molar-refractivity contribution in [3.05, 3.63) is 11.1 Å². The van der Waals surface area contributed by atoms with E-state index in [1.54, 1.807) is 19.4 Å². The Hall–Kier alpha value is -1.51. The van der Waals surface area contributed by atoms with Crippen LogP contribution in [0.2, 0.25) is 0 Å². The van der Waals surface area contributed by atoms with Crippen molar-refractivity contribution in [1.29, 1.82) is 0 Å². The molecule has 24 heavy (non-hydrogen) atoms. The zero-order valence-electron chi connectivity index (χ0n) is 14.2. The predicted octanol–water partition coefficient (Wildman–Crippen LogP) is 1.55. The molecule has 1 atom stereocenters. The molecule has 0 saturated carbocycles. The first-order valence-corrected chi connectivity index (χ1v) is 9.09. The molecule has 1 N–H and O–H groups in total. The molecular weight excluding hydrogens is 330 g/mol. The summed E-state index contributed by atoms with van der Waals surface area (Å²) in [5.41, 5.74) is 0.617. The van der Waals surface area contributed by atoms with E-state index in [0.717, 1.165) is 32.5 Å². The van der Waals surface area contributed by atoms with E-state index in [4.69, 9.17) is 9.47 Å². The standard InChI is InChI=1S/C16H25N3O4S/c1-3-23-15(21)7-13-11-24-16(17-13)18-14(20)9-19-6-4-5-12(8-19)10-22-2/h11-12H,3-10H2,1-2H3,(H,17,18,20). The molecule has 1 aromatic rings. The number of ether oxygens (including phenoxy) is 2. The number of hydrogen-bond donors (Lipinski definition) is 1. The lowest BCUT2D eigenvalue weighted by atomic mass is 9.99. The van der Waals surface area contributed by atoms with Gasteiger partial charge in [0.1, 0.15) is 0 Å². The van der Waals surface area contributed by atoms with Gasteiger partial charge in [0, 0.05) is 19.0 Å². The van der Waals surface area contributed by atoms with Crippen LogP contribution in [0.25, 0.3) is 0 Å². The Bertz CT molecular complexity index is 547. The average molecular weight is 355 g/mol. The molecule has 0 aliphatic carbocycles. The minimum atomic E-state index is -0.307. The van der Waals surface area contributed by atoms with Crippen molar-refractivity contribution < 1.29 is 19.1 Å². The molecule has 7 nitrogen and oxygen atoms in total. The van der Waals surface area contributed by atoms with Crippen LogP contribution >= 0.6 is 11.3 Å². The molecule has 1 aliphatic rings. The fraction of sp³-hybridized carbons (Fsp3) is 0.688. The van der Waals surface area contributed by atoms with Crippen molar-refractivity contribution in [2.45, 2.75) is 26.2 Å².